The van der Waals surface area contributed by atoms with Gasteiger partial charge in [-0.05, 0) is 51.1 Å². The second kappa shape index (κ2) is 9.09. The van der Waals surface area contributed by atoms with Crippen LogP contribution in [-0.4, -0.2) is 53.6 Å². The van der Waals surface area contributed by atoms with Crippen LogP contribution in [-0.2, 0) is 19.5 Å². The van der Waals surface area contributed by atoms with E-state index in [1.807, 2.05) is 13.0 Å². The van der Waals surface area contributed by atoms with Gasteiger partial charge in [-0.25, -0.2) is 9.97 Å². The third-order valence-electron chi connectivity index (χ3n) is 6.03. The fourth-order valence-electron chi connectivity index (χ4n) is 4.43. The Hall–Kier alpha value is -2.18. The first-order valence-electron chi connectivity index (χ1n) is 10.7. The van der Waals surface area contributed by atoms with Crippen molar-refractivity contribution in [3.8, 4) is 11.5 Å². The predicted molar refractivity (Wildman–Crippen MR) is 113 cm³/mol. The van der Waals surface area contributed by atoms with Crippen LogP contribution in [0, 0.1) is 0 Å². The molecule has 1 atom stereocenters. The second-order valence-electron chi connectivity index (χ2n) is 8.07. The van der Waals surface area contributed by atoms with Crippen LogP contribution in [0.25, 0.3) is 0 Å². The molecule has 3 heterocycles. The Bertz CT molecular complexity index is 842. The van der Waals surface area contributed by atoms with Crippen molar-refractivity contribution in [2.24, 2.45) is 0 Å². The number of hydrogen-bond donors (Lipinski definition) is 0. The molecule has 6 heteroatoms. The highest BCUT2D eigenvalue weighted by molar-refractivity contribution is 5.43. The minimum atomic E-state index is 0.378. The van der Waals surface area contributed by atoms with Crippen molar-refractivity contribution < 1.29 is 9.47 Å². The molecule has 6 nitrogen and oxygen atoms in total. The zero-order chi connectivity index (χ0) is 20.2. The molecule has 2 aliphatic rings. The minimum absolute atomic E-state index is 0.378. The van der Waals surface area contributed by atoms with Crippen molar-refractivity contribution in [1.29, 1.82) is 0 Å². The summed E-state index contributed by atoms with van der Waals surface area (Å²) in [7, 11) is 3.89. The quantitative estimate of drug-likeness (QED) is 0.744. The molecule has 0 unspecified atom stereocenters. The zero-order valence-corrected chi connectivity index (χ0v) is 17.9. The summed E-state index contributed by atoms with van der Waals surface area (Å²) in [6.45, 7) is 6.56. The number of aromatic nitrogens is 2. The number of methoxy groups -OCH3 is 1. The van der Waals surface area contributed by atoms with Crippen molar-refractivity contribution in [3.05, 3.63) is 47.0 Å². The van der Waals surface area contributed by atoms with Crippen molar-refractivity contribution in [1.82, 2.24) is 19.8 Å². The Morgan fingerprint density at radius 2 is 2.07 bits per heavy atom. The molecule has 4 rings (SSSR count). The van der Waals surface area contributed by atoms with E-state index in [1.54, 1.807) is 7.11 Å². The maximum Gasteiger partial charge on any atom is 0.161 e. The molecule has 0 spiro atoms. The number of ether oxygens (including phenoxy) is 2. The number of nitrogens with zero attached hydrogens (tertiary/aromatic N) is 4. The fourth-order valence-corrected chi connectivity index (χ4v) is 4.43. The second-order valence-corrected chi connectivity index (χ2v) is 8.07. The Labute approximate surface area is 173 Å². The highest BCUT2D eigenvalue weighted by Gasteiger charge is 2.25. The highest BCUT2D eigenvalue weighted by Crippen LogP contribution is 2.30. The lowest BCUT2D eigenvalue weighted by atomic mass is 10.0. The van der Waals surface area contributed by atoms with Gasteiger partial charge in [0.05, 0.1) is 19.8 Å². The first-order chi connectivity index (χ1) is 14.2. The monoisotopic (exact) mass is 396 g/mol. The maximum absolute atomic E-state index is 5.63. The summed E-state index contributed by atoms with van der Waals surface area (Å²) in [4.78, 5) is 14.6. The van der Waals surface area contributed by atoms with E-state index in [0.29, 0.717) is 12.6 Å². The Morgan fingerprint density at radius 1 is 1.17 bits per heavy atom. The first-order valence-corrected chi connectivity index (χ1v) is 10.7. The number of piperidine rings is 1. The summed E-state index contributed by atoms with van der Waals surface area (Å²) in [6.07, 6.45) is 6.76. The van der Waals surface area contributed by atoms with Crippen molar-refractivity contribution in [2.45, 2.75) is 51.7 Å². The van der Waals surface area contributed by atoms with Crippen molar-refractivity contribution >= 4 is 0 Å². The predicted octanol–water partition coefficient (Wildman–Crippen LogP) is 3.60. The smallest absolute Gasteiger partial charge is 0.161 e. The van der Waals surface area contributed by atoms with E-state index in [4.69, 9.17) is 19.4 Å². The SMILES string of the molecule is CCOc1ccc(CN2CCc3nc([C@@H]4CCCCN4C)ncc3C2)cc1OC. The zero-order valence-electron chi connectivity index (χ0n) is 17.9. The van der Waals surface area contributed by atoms with E-state index in [9.17, 15) is 0 Å². The van der Waals surface area contributed by atoms with Gasteiger partial charge in [0, 0.05) is 43.5 Å². The topological polar surface area (TPSA) is 50.7 Å². The summed E-state index contributed by atoms with van der Waals surface area (Å²) >= 11 is 0. The average molecular weight is 397 g/mol. The molecule has 1 fully saturated rings. The van der Waals surface area contributed by atoms with Crippen LogP contribution in [0.5, 0.6) is 11.5 Å². The van der Waals surface area contributed by atoms with Gasteiger partial charge in [0.1, 0.15) is 5.82 Å². The van der Waals surface area contributed by atoms with Gasteiger partial charge in [-0.3, -0.25) is 9.80 Å². The molecule has 156 valence electrons. The number of hydrogen-bond acceptors (Lipinski definition) is 6. The molecule has 1 aromatic heterocycles. The molecule has 0 aliphatic carbocycles. The van der Waals surface area contributed by atoms with E-state index < -0.39 is 0 Å². The van der Waals surface area contributed by atoms with Crippen LogP contribution < -0.4 is 9.47 Å². The van der Waals surface area contributed by atoms with Gasteiger partial charge in [0.15, 0.2) is 11.5 Å². The van der Waals surface area contributed by atoms with Crippen LogP contribution in [0.3, 0.4) is 0 Å². The maximum atomic E-state index is 5.63. The van der Waals surface area contributed by atoms with Gasteiger partial charge in [0.2, 0.25) is 0 Å². The summed E-state index contributed by atoms with van der Waals surface area (Å²) in [5, 5.41) is 0. The molecule has 29 heavy (non-hydrogen) atoms. The van der Waals surface area contributed by atoms with E-state index in [1.165, 1.54) is 36.1 Å². The highest BCUT2D eigenvalue weighted by atomic mass is 16.5. The molecule has 0 radical (unpaired) electrons. The molecule has 1 aromatic carbocycles. The summed E-state index contributed by atoms with van der Waals surface area (Å²) in [5.74, 6) is 2.61. The average Bonchev–Trinajstić information content (AvgIpc) is 2.75. The molecule has 0 saturated carbocycles. The van der Waals surface area contributed by atoms with Crippen molar-refractivity contribution in [3.63, 3.8) is 0 Å². The van der Waals surface area contributed by atoms with E-state index >= 15 is 0 Å². The van der Waals surface area contributed by atoms with E-state index in [2.05, 4.69) is 35.2 Å². The Kier molecular flexibility index (Phi) is 6.31. The molecule has 1 saturated heterocycles. The molecule has 0 amide bonds. The van der Waals surface area contributed by atoms with Crippen molar-refractivity contribution in [2.75, 3.05) is 33.9 Å². The lowest BCUT2D eigenvalue weighted by Gasteiger charge is -2.33. The molecule has 2 aromatic rings. The van der Waals surface area contributed by atoms with Gasteiger partial charge in [0.25, 0.3) is 0 Å². The lowest BCUT2D eigenvalue weighted by Crippen LogP contribution is -2.33. The number of fused-ring (bicyclic) bond motifs is 1. The van der Waals surface area contributed by atoms with Gasteiger partial charge in [-0.1, -0.05) is 12.5 Å². The fraction of sp³-hybridized carbons (Fsp3) is 0.565. The number of benzene rings is 1. The van der Waals surface area contributed by atoms with Crippen LogP contribution in [0.4, 0.5) is 0 Å². The van der Waals surface area contributed by atoms with Crippen LogP contribution >= 0.6 is 0 Å². The Morgan fingerprint density at radius 3 is 2.86 bits per heavy atom. The molecule has 2 aliphatic heterocycles. The Balaban J connectivity index is 1.44. The van der Waals surface area contributed by atoms with Gasteiger partial charge in [-0.2, -0.15) is 0 Å². The summed E-state index contributed by atoms with van der Waals surface area (Å²) < 4.78 is 11.1. The summed E-state index contributed by atoms with van der Waals surface area (Å²) in [6, 6.07) is 6.59. The lowest BCUT2D eigenvalue weighted by molar-refractivity contribution is 0.178. The van der Waals surface area contributed by atoms with Crippen LogP contribution in [0.1, 0.15) is 54.9 Å². The van der Waals surface area contributed by atoms with Gasteiger partial charge in [-0.15, -0.1) is 0 Å². The van der Waals surface area contributed by atoms with Gasteiger partial charge < -0.3 is 9.47 Å². The molecular weight excluding hydrogens is 364 g/mol. The van der Waals surface area contributed by atoms with E-state index in [-0.39, 0.29) is 0 Å². The van der Waals surface area contributed by atoms with Crippen LogP contribution in [0.15, 0.2) is 24.4 Å². The first kappa shape index (κ1) is 20.1. The number of likely N-dealkylation sites (tertiary alicyclic amines) is 1. The third-order valence-corrected chi connectivity index (χ3v) is 6.03. The number of rotatable bonds is 6. The molecule has 0 bridgehead atoms. The third kappa shape index (κ3) is 4.54. The normalized spacial score (nSPS) is 20.3. The standard InChI is InChI=1S/C23H32N4O2/c1-4-29-21-9-8-17(13-22(21)28-3)15-27-12-10-19-18(16-27)14-24-23(25-19)20-7-5-6-11-26(20)2/h8-9,13-14,20H,4-7,10-12,15-16H2,1-3H3/t20-/m0/s1. The molecule has 0 N–H and O–H groups in total. The van der Waals surface area contributed by atoms with Gasteiger partial charge >= 0.3 is 0 Å². The summed E-state index contributed by atoms with van der Waals surface area (Å²) in [5.41, 5.74) is 3.72. The van der Waals surface area contributed by atoms with E-state index in [0.717, 1.165) is 49.9 Å². The largest absolute Gasteiger partial charge is 0.493 e. The van der Waals surface area contributed by atoms with Crippen LogP contribution in [0.2, 0.25) is 0 Å². The minimum Gasteiger partial charge on any atom is -0.493 e. The molecular formula is C23H32N4O2.